The third-order valence-electron chi connectivity index (χ3n) is 2.83. The highest BCUT2D eigenvalue weighted by molar-refractivity contribution is 6.42. The Kier molecular flexibility index (Phi) is 3.45. The van der Waals surface area contributed by atoms with Gasteiger partial charge in [-0.2, -0.15) is 0 Å². The number of carbonyl (C=O) groups excluding carboxylic acids is 2. The maximum atomic E-state index is 13.9. The number of hydrogen-bond donors (Lipinski definition) is 1. The maximum absolute atomic E-state index is 13.9. The van der Waals surface area contributed by atoms with E-state index in [1.807, 2.05) is 0 Å². The maximum Gasteiger partial charge on any atom is 0.227 e. The fraction of sp³-hybridized carbons (Fsp3) is 0.273. The first-order valence-electron chi connectivity index (χ1n) is 5.15. The van der Waals surface area contributed by atoms with Crippen LogP contribution in [0, 0.1) is 11.7 Å². The molecule has 18 heavy (non-hydrogen) atoms. The van der Waals surface area contributed by atoms with Gasteiger partial charge in [-0.25, -0.2) is 4.39 Å². The molecule has 7 heteroatoms. The topological polar surface area (TPSA) is 63.4 Å². The Bertz CT molecular complexity index is 536. The van der Waals surface area contributed by atoms with E-state index in [0.717, 1.165) is 4.90 Å². The van der Waals surface area contributed by atoms with Crippen LogP contribution in [-0.4, -0.2) is 18.4 Å². The summed E-state index contributed by atoms with van der Waals surface area (Å²) in [4.78, 5) is 23.9. The van der Waals surface area contributed by atoms with E-state index in [2.05, 4.69) is 0 Å². The standard InChI is InChI=1S/C11H9Cl2FN2O2/c12-6-1-2-7(10(14)9(6)13)16-4-5(11(15)18)3-8(16)17/h1-2,5H,3-4H2,(H2,15,18). The minimum absolute atomic E-state index is 0.0122. The van der Waals surface area contributed by atoms with Crippen molar-refractivity contribution < 1.29 is 14.0 Å². The first kappa shape index (κ1) is 13.1. The lowest BCUT2D eigenvalue weighted by Gasteiger charge is -2.17. The molecule has 1 heterocycles. The molecule has 1 atom stereocenters. The fourth-order valence-corrected chi connectivity index (χ4v) is 2.16. The van der Waals surface area contributed by atoms with Gasteiger partial charge in [0.1, 0.15) is 0 Å². The predicted molar refractivity (Wildman–Crippen MR) is 66.1 cm³/mol. The lowest BCUT2D eigenvalue weighted by atomic mass is 10.1. The molecule has 1 aromatic carbocycles. The van der Waals surface area contributed by atoms with Gasteiger partial charge >= 0.3 is 0 Å². The highest BCUT2D eigenvalue weighted by Gasteiger charge is 2.35. The predicted octanol–water partition coefficient (Wildman–Crippen LogP) is 1.97. The molecule has 1 saturated heterocycles. The van der Waals surface area contributed by atoms with Crippen molar-refractivity contribution in [3.8, 4) is 0 Å². The lowest BCUT2D eigenvalue weighted by molar-refractivity contribution is -0.123. The zero-order valence-corrected chi connectivity index (χ0v) is 10.6. The molecule has 1 unspecified atom stereocenters. The zero-order valence-electron chi connectivity index (χ0n) is 9.12. The Morgan fingerprint density at radius 1 is 1.44 bits per heavy atom. The van der Waals surface area contributed by atoms with Gasteiger partial charge < -0.3 is 10.6 Å². The van der Waals surface area contributed by atoms with Gasteiger partial charge in [-0.3, -0.25) is 9.59 Å². The minimum Gasteiger partial charge on any atom is -0.369 e. The summed E-state index contributed by atoms with van der Waals surface area (Å²) in [6.45, 7) is 0.0586. The number of nitrogens with zero attached hydrogens (tertiary/aromatic N) is 1. The van der Waals surface area contributed by atoms with Crippen molar-refractivity contribution in [1.29, 1.82) is 0 Å². The van der Waals surface area contributed by atoms with Crippen LogP contribution in [0.3, 0.4) is 0 Å². The van der Waals surface area contributed by atoms with Crippen LogP contribution in [0.2, 0.25) is 10.0 Å². The number of primary amides is 1. The molecule has 1 aliphatic rings. The monoisotopic (exact) mass is 290 g/mol. The number of anilines is 1. The van der Waals surface area contributed by atoms with Crippen LogP contribution in [0.4, 0.5) is 10.1 Å². The summed E-state index contributed by atoms with van der Waals surface area (Å²) in [5.74, 6) is -2.32. The molecular weight excluding hydrogens is 282 g/mol. The summed E-state index contributed by atoms with van der Waals surface area (Å²) in [6, 6.07) is 2.75. The van der Waals surface area contributed by atoms with Gasteiger partial charge in [0.05, 0.1) is 21.7 Å². The Labute approximate surface area is 112 Å². The molecule has 2 amide bonds. The van der Waals surface area contributed by atoms with Crippen molar-refractivity contribution in [2.45, 2.75) is 6.42 Å². The first-order valence-corrected chi connectivity index (χ1v) is 5.90. The van der Waals surface area contributed by atoms with E-state index in [4.69, 9.17) is 28.9 Å². The van der Waals surface area contributed by atoms with E-state index in [-0.39, 0.29) is 34.6 Å². The van der Waals surface area contributed by atoms with Gasteiger partial charge in [-0.05, 0) is 12.1 Å². The molecule has 0 aliphatic carbocycles. The molecule has 4 nitrogen and oxygen atoms in total. The Hall–Kier alpha value is -1.33. The van der Waals surface area contributed by atoms with Gasteiger partial charge in [0.25, 0.3) is 0 Å². The molecule has 1 fully saturated rings. The van der Waals surface area contributed by atoms with E-state index >= 15 is 0 Å². The summed E-state index contributed by atoms with van der Waals surface area (Å²) in [6.07, 6.45) is -0.0188. The minimum atomic E-state index is -0.775. The number of nitrogens with two attached hydrogens (primary N) is 1. The number of benzene rings is 1. The van der Waals surface area contributed by atoms with Crippen LogP contribution in [0.5, 0.6) is 0 Å². The normalized spacial score (nSPS) is 19.4. The molecule has 2 rings (SSSR count). The van der Waals surface area contributed by atoms with Crippen molar-refractivity contribution in [3.05, 3.63) is 28.0 Å². The Morgan fingerprint density at radius 2 is 2.11 bits per heavy atom. The number of carbonyl (C=O) groups is 2. The van der Waals surface area contributed by atoms with Gasteiger partial charge in [0.15, 0.2) is 5.82 Å². The zero-order chi connectivity index (χ0) is 13.4. The molecule has 0 bridgehead atoms. The van der Waals surface area contributed by atoms with Gasteiger partial charge in [0.2, 0.25) is 11.8 Å². The second kappa shape index (κ2) is 4.74. The second-order valence-electron chi connectivity index (χ2n) is 4.00. The number of halogens is 3. The second-order valence-corrected chi connectivity index (χ2v) is 4.79. The molecule has 2 N–H and O–H groups in total. The number of amides is 2. The van der Waals surface area contributed by atoms with Crippen LogP contribution in [-0.2, 0) is 9.59 Å². The average Bonchev–Trinajstić information content (AvgIpc) is 2.69. The van der Waals surface area contributed by atoms with E-state index in [0.29, 0.717) is 0 Å². The average molecular weight is 291 g/mol. The molecule has 0 saturated carbocycles. The largest absolute Gasteiger partial charge is 0.369 e. The summed E-state index contributed by atoms with van der Waals surface area (Å²) in [7, 11) is 0. The molecule has 0 spiro atoms. The van der Waals surface area contributed by atoms with Crippen LogP contribution in [0.15, 0.2) is 12.1 Å². The van der Waals surface area contributed by atoms with Gasteiger partial charge in [-0.15, -0.1) is 0 Å². The molecule has 1 aromatic rings. The molecular formula is C11H9Cl2FN2O2. The van der Waals surface area contributed by atoms with E-state index in [1.54, 1.807) is 0 Å². The van der Waals surface area contributed by atoms with Crippen LogP contribution < -0.4 is 10.6 Å². The van der Waals surface area contributed by atoms with Crippen molar-refractivity contribution in [2.75, 3.05) is 11.4 Å². The third-order valence-corrected chi connectivity index (χ3v) is 3.61. The SMILES string of the molecule is NC(=O)C1CC(=O)N(c2ccc(Cl)c(Cl)c2F)C1. The smallest absolute Gasteiger partial charge is 0.227 e. The number of rotatable bonds is 2. The van der Waals surface area contributed by atoms with Crippen LogP contribution >= 0.6 is 23.2 Å². The van der Waals surface area contributed by atoms with Crippen LogP contribution in [0.25, 0.3) is 0 Å². The van der Waals surface area contributed by atoms with Crippen molar-refractivity contribution in [2.24, 2.45) is 11.7 Å². The molecule has 96 valence electrons. The highest BCUT2D eigenvalue weighted by atomic mass is 35.5. The highest BCUT2D eigenvalue weighted by Crippen LogP contribution is 2.34. The Morgan fingerprint density at radius 3 is 2.67 bits per heavy atom. The Balaban J connectivity index is 2.36. The van der Waals surface area contributed by atoms with E-state index < -0.39 is 17.6 Å². The fourth-order valence-electron chi connectivity index (χ4n) is 1.86. The first-order chi connectivity index (χ1) is 8.41. The summed E-state index contributed by atoms with van der Waals surface area (Å²) in [5, 5.41) is -0.180. The quantitative estimate of drug-likeness (QED) is 0.847. The summed E-state index contributed by atoms with van der Waals surface area (Å²) < 4.78 is 13.9. The van der Waals surface area contributed by atoms with Gasteiger partial charge in [-0.1, -0.05) is 23.2 Å². The summed E-state index contributed by atoms with van der Waals surface area (Å²) in [5.41, 5.74) is 5.15. The molecule has 0 radical (unpaired) electrons. The number of hydrogen-bond acceptors (Lipinski definition) is 2. The van der Waals surface area contributed by atoms with Crippen molar-refractivity contribution >= 4 is 40.7 Å². The molecule has 0 aromatic heterocycles. The van der Waals surface area contributed by atoms with Crippen molar-refractivity contribution in [3.63, 3.8) is 0 Å². The van der Waals surface area contributed by atoms with Crippen LogP contribution in [0.1, 0.15) is 6.42 Å². The van der Waals surface area contributed by atoms with E-state index in [1.165, 1.54) is 12.1 Å². The lowest BCUT2D eigenvalue weighted by Crippen LogP contribution is -2.29. The third kappa shape index (κ3) is 2.15. The summed E-state index contributed by atoms with van der Waals surface area (Å²) >= 11 is 11.3. The van der Waals surface area contributed by atoms with Crippen molar-refractivity contribution in [1.82, 2.24) is 0 Å². The van der Waals surface area contributed by atoms with Gasteiger partial charge in [0, 0.05) is 13.0 Å². The molecule has 1 aliphatic heterocycles. The van der Waals surface area contributed by atoms with E-state index in [9.17, 15) is 14.0 Å².